The van der Waals surface area contributed by atoms with Crippen LogP contribution in [0, 0.1) is 5.82 Å². The van der Waals surface area contributed by atoms with Gasteiger partial charge in [0.05, 0.1) is 11.3 Å². The summed E-state index contributed by atoms with van der Waals surface area (Å²) in [6, 6.07) is 10.1. The number of halogens is 1. The van der Waals surface area contributed by atoms with Crippen LogP contribution in [0.3, 0.4) is 0 Å². The zero-order chi connectivity index (χ0) is 19.4. The van der Waals surface area contributed by atoms with E-state index in [1.807, 2.05) is 0 Å². The minimum Gasteiger partial charge on any atom is -0.449 e. The van der Waals surface area contributed by atoms with Crippen molar-refractivity contribution in [2.75, 3.05) is 16.4 Å². The fourth-order valence-electron chi connectivity index (χ4n) is 2.41. The number of hydrogen-bond acceptors (Lipinski definition) is 5. The maximum Gasteiger partial charge on any atom is 0.338 e. The molecule has 2 N–H and O–H groups in total. The lowest BCUT2D eigenvalue weighted by Crippen LogP contribution is -2.30. The summed E-state index contributed by atoms with van der Waals surface area (Å²) in [5.74, 6) is -1.07. The quantitative estimate of drug-likeness (QED) is 0.784. The second-order valence-corrected chi connectivity index (χ2v) is 7.04. The molecule has 0 saturated heterocycles. The predicted octanol–water partition coefficient (Wildman–Crippen LogP) is 3.44. The molecule has 1 aliphatic rings. The van der Waals surface area contributed by atoms with E-state index in [-0.39, 0.29) is 11.5 Å². The van der Waals surface area contributed by atoms with Crippen molar-refractivity contribution in [3.63, 3.8) is 0 Å². The van der Waals surface area contributed by atoms with Crippen molar-refractivity contribution < 1.29 is 23.5 Å². The van der Waals surface area contributed by atoms with Crippen LogP contribution in [-0.4, -0.2) is 29.6 Å². The molecular formula is C19H17FN2O4S. The van der Waals surface area contributed by atoms with E-state index in [4.69, 9.17) is 4.74 Å². The number of anilines is 2. The van der Waals surface area contributed by atoms with Crippen molar-refractivity contribution >= 4 is 40.9 Å². The Labute approximate surface area is 159 Å². The molecule has 1 aliphatic heterocycles. The van der Waals surface area contributed by atoms with Gasteiger partial charge in [0, 0.05) is 22.8 Å². The topological polar surface area (TPSA) is 84.5 Å². The number of carbonyl (C=O) groups is 3. The van der Waals surface area contributed by atoms with E-state index in [2.05, 4.69) is 10.6 Å². The normalized spacial score (nSPS) is 14.4. The zero-order valence-corrected chi connectivity index (χ0v) is 15.3. The molecule has 140 valence electrons. The first-order chi connectivity index (χ1) is 12.9. The number of fused-ring (bicyclic) bond motifs is 1. The summed E-state index contributed by atoms with van der Waals surface area (Å²) in [7, 11) is 0. The van der Waals surface area contributed by atoms with Crippen molar-refractivity contribution in [3.05, 3.63) is 53.8 Å². The van der Waals surface area contributed by atoms with Gasteiger partial charge < -0.3 is 15.4 Å². The van der Waals surface area contributed by atoms with Gasteiger partial charge in [-0.15, -0.1) is 11.8 Å². The lowest BCUT2D eigenvalue weighted by Gasteiger charge is -2.14. The van der Waals surface area contributed by atoms with Crippen molar-refractivity contribution in [2.45, 2.75) is 24.3 Å². The average molecular weight is 388 g/mol. The number of ether oxygens (including phenoxy) is 1. The van der Waals surface area contributed by atoms with E-state index in [9.17, 15) is 18.8 Å². The molecule has 8 heteroatoms. The summed E-state index contributed by atoms with van der Waals surface area (Å²) < 4.78 is 18.1. The van der Waals surface area contributed by atoms with Crippen LogP contribution < -0.4 is 10.6 Å². The SMILES string of the molecule is C[C@@H](OC(=O)c1ccc2c(c1)NC(=O)CCS2)C(=O)Nc1ccc(F)cc1. The molecule has 2 aromatic rings. The second kappa shape index (κ2) is 8.22. The first-order valence-corrected chi connectivity index (χ1v) is 9.25. The van der Waals surface area contributed by atoms with E-state index >= 15 is 0 Å². The zero-order valence-electron chi connectivity index (χ0n) is 14.5. The van der Waals surface area contributed by atoms with Crippen LogP contribution in [0.2, 0.25) is 0 Å². The van der Waals surface area contributed by atoms with Crippen LogP contribution in [0.4, 0.5) is 15.8 Å². The van der Waals surface area contributed by atoms with E-state index in [0.717, 1.165) is 4.90 Å². The van der Waals surface area contributed by atoms with Gasteiger partial charge >= 0.3 is 5.97 Å². The van der Waals surface area contributed by atoms with Gasteiger partial charge in [-0.2, -0.15) is 0 Å². The number of hydrogen-bond donors (Lipinski definition) is 2. The molecule has 6 nitrogen and oxygen atoms in total. The van der Waals surface area contributed by atoms with Gasteiger partial charge in [0.2, 0.25) is 5.91 Å². The van der Waals surface area contributed by atoms with Gasteiger partial charge in [-0.3, -0.25) is 9.59 Å². The summed E-state index contributed by atoms with van der Waals surface area (Å²) in [6.45, 7) is 1.44. The monoisotopic (exact) mass is 388 g/mol. The van der Waals surface area contributed by atoms with E-state index in [1.165, 1.54) is 43.0 Å². The highest BCUT2D eigenvalue weighted by Gasteiger charge is 2.21. The van der Waals surface area contributed by atoms with Gasteiger partial charge in [-0.25, -0.2) is 9.18 Å². The predicted molar refractivity (Wildman–Crippen MR) is 100 cm³/mol. The highest BCUT2D eigenvalue weighted by Crippen LogP contribution is 2.31. The third-order valence-corrected chi connectivity index (χ3v) is 4.92. The molecule has 0 aliphatic carbocycles. The van der Waals surface area contributed by atoms with Crippen molar-refractivity contribution in [1.82, 2.24) is 0 Å². The fraction of sp³-hybridized carbons (Fsp3) is 0.211. The van der Waals surface area contributed by atoms with Crippen LogP contribution >= 0.6 is 11.8 Å². The Hall–Kier alpha value is -2.87. The minimum atomic E-state index is -1.05. The fourth-order valence-corrected chi connectivity index (χ4v) is 3.34. The summed E-state index contributed by atoms with van der Waals surface area (Å²) >= 11 is 1.53. The van der Waals surface area contributed by atoms with Gasteiger partial charge in [-0.05, 0) is 49.4 Å². The maximum atomic E-state index is 12.9. The highest BCUT2D eigenvalue weighted by atomic mass is 32.2. The van der Waals surface area contributed by atoms with Crippen molar-refractivity contribution in [2.24, 2.45) is 0 Å². The second-order valence-electron chi connectivity index (χ2n) is 5.90. The number of amides is 2. The van der Waals surface area contributed by atoms with Gasteiger partial charge in [0.15, 0.2) is 6.10 Å². The maximum absolute atomic E-state index is 12.9. The van der Waals surface area contributed by atoms with E-state index < -0.39 is 23.8 Å². The number of esters is 1. The molecule has 1 heterocycles. The molecule has 3 rings (SSSR count). The van der Waals surface area contributed by atoms with Crippen LogP contribution in [0.15, 0.2) is 47.4 Å². The van der Waals surface area contributed by atoms with Crippen LogP contribution in [-0.2, 0) is 14.3 Å². The van der Waals surface area contributed by atoms with Gasteiger partial charge in [0.1, 0.15) is 5.82 Å². The molecule has 0 unspecified atom stereocenters. The highest BCUT2D eigenvalue weighted by molar-refractivity contribution is 7.99. The van der Waals surface area contributed by atoms with Crippen LogP contribution in [0.1, 0.15) is 23.7 Å². The van der Waals surface area contributed by atoms with Gasteiger partial charge in [0.25, 0.3) is 5.91 Å². The first kappa shape index (κ1) is 18.9. The molecule has 0 aromatic heterocycles. The van der Waals surface area contributed by atoms with E-state index in [1.54, 1.807) is 18.2 Å². The third kappa shape index (κ3) is 4.85. The van der Waals surface area contributed by atoms with Crippen LogP contribution in [0.25, 0.3) is 0 Å². The Morgan fingerprint density at radius 1 is 1.22 bits per heavy atom. The Kier molecular flexibility index (Phi) is 5.75. The standard InChI is InChI=1S/C19H17FN2O4S/c1-11(18(24)21-14-5-3-13(20)4-6-14)26-19(25)12-2-7-16-15(10-12)22-17(23)8-9-27-16/h2-7,10-11H,8-9H2,1H3,(H,21,24)(H,22,23)/t11-/m1/s1. The smallest absolute Gasteiger partial charge is 0.338 e. The Bertz CT molecular complexity index is 886. The summed E-state index contributed by atoms with van der Waals surface area (Å²) in [5.41, 5.74) is 1.19. The lowest BCUT2D eigenvalue weighted by molar-refractivity contribution is -0.123. The number of benzene rings is 2. The Morgan fingerprint density at radius 2 is 1.96 bits per heavy atom. The number of carbonyl (C=O) groups excluding carboxylic acids is 3. The number of thioether (sulfide) groups is 1. The van der Waals surface area contributed by atoms with E-state index in [0.29, 0.717) is 23.5 Å². The third-order valence-electron chi connectivity index (χ3n) is 3.84. The van der Waals surface area contributed by atoms with Crippen molar-refractivity contribution in [3.8, 4) is 0 Å². The molecule has 0 spiro atoms. The summed E-state index contributed by atoms with van der Waals surface area (Å²) in [5, 5.41) is 5.30. The van der Waals surface area contributed by atoms with Crippen molar-refractivity contribution in [1.29, 1.82) is 0 Å². The summed E-state index contributed by atoms with van der Waals surface area (Å²) in [6.07, 6.45) is -0.648. The Balaban J connectivity index is 1.65. The molecule has 27 heavy (non-hydrogen) atoms. The van der Waals surface area contributed by atoms with Gasteiger partial charge in [-0.1, -0.05) is 0 Å². The Morgan fingerprint density at radius 3 is 2.70 bits per heavy atom. The minimum absolute atomic E-state index is 0.112. The number of rotatable bonds is 4. The average Bonchev–Trinajstić information content (AvgIpc) is 2.83. The molecule has 0 saturated carbocycles. The molecule has 0 fully saturated rings. The first-order valence-electron chi connectivity index (χ1n) is 8.26. The molecule has 2 amide bonds. The largest absolute Gasteiger partial charge is 0.449 e. The number of nitrogens with one attached hydrogen (secondary N) is 2. The van der Waals surface area contributed by atoms with Crippen LogP contribution in [0.5, 0.6) is 0 Å². The molecule has 0 bridgehead atoms. The molecule has 0 radical (unpaired) electrons. The molecule has 2 aromatic carbocycles. The lowest BCUT2D eigenvalue weighted by atomic mass is 10.2. The molecular weight excluding hydrogens is 371 g/mol. The molecule has 1 atom stereocenters. The summed E-state index contributed by atoms with van der Waals surface area (Å²) in [4.78, 5) is 37.0.